The van der Waals surface area contributed by atoms with Crippen molar-refractivity contribution in [1.29, 1.82) is 0 Å². The Labute approximate surface area is 102 Å². The van der Waals surface area contributed by atoms with E-state index < -0.39 is 0 Å². The van der Waals surface area contributed by atoms with Crippen LogP contribution in [-0.2, 0) is 13.1 Å². The van der Waals surface area contributed by atoms with Gasteiger partial charge in [0.1, 0.15) is 0 Å². The highest BCUT2D eigenvalue weighted by Crippen LogP contribution is 2.22. The Morgan fingerprint density at radius 3 is 2.81 bits per heavy atom. The van der Waals surface area contributed by atoms with E-state index in [1.807, 2.05) is 6.07 Å². The SMILES string of the molecule is CCNCc1ccc(Cl)c(CNC2CC2)c1. The molecule has 16 heavy (non-hydrogen) atoms. The van der Waals surface area contributed by atoms with Crippen molar-refractivity contribution in [3.05, 3.63) is 34.3 Å². The van der Waals surface area contributed by atoms with Gasteiger partial charge in [-0.25, -0.2) is 0 Å². The van der Waals surface area contributed by atoms with E-state index in [1.165, 1.54) is 24.0 Å². The summed E-state index contributed by atoms with van der Waals surface area (Å²) in [5, 5.41) is 7.69. The van der Waals surface area contributed by atoms with Crippen LogP contribution in [-0.4, -0.2) is 12.6 Å². The molecule has 0 bridgehead atoms. The lowest BCUT2D eigenvalue weighted by Gasteiger charge is -2.09. The van der Waals surface area contributed by atoms with Crippen LogP contribution in [0.1, 0.15) is 30.9 Å². The van der Waals surface area contributed by atoms with Crippen molar-refractivity contribution < 1.29 is 0 Å². The van der Waals surface area contributed by atoms with Crippen LogP contribution in [0.4, 0.5) is 0 Å². The second-order valence-corrected chi connectivity index (χ2v) is 4.77. The molecule has 2 N–H and O–H groups in total. The maximum Gasteiger partial charge on any atom is 0.0451 e. The number of hydrogen-bond acceptors (Lipinski definition) is 2. The average molecular weight is 239 g/mol. The molecule has 0 amide bonds. The van der Waals surface area contributed by atoms with Gasteiger partial charge in [0.2, 0.25) is 0 Å². The molecule has 0 saturated heterocycles. The lowest BCUT2D eigenvalue weighted by Crippen LogP contribution is -2.16. The monoisotopic (exact) mass is 238 g/mol. The van der Waals surface area contributed by atoms with Gasteiger partial charge in [0.15, 0.2) is 0 Å². The molecule has 1 aliphatic rings. The van der Waals surface area contributed by atoms with Crippen molar-refractivity contribution in [2.75, 3.05) is 6.54 Å². The Morgan fingerprint density at radius 2 is 2.12 bits per heavy atom. The van der Waals surface area contributed by atoms with E-state index >= 15 is 0 Å². The zero-order valence-electron chi connectivity index (χ0n) is 9.72. The van der Waals surface area contributed by atoms with Crippen LogP contribution in [0.3, 0.4) is 0 Å². The van der Waals surface area contributed by atoms with E-state index in [4.69, 9.17) is 11.6 Å². The second kappa shape index (κ2) is 5.67. The number of halogens is 1. The Hall–Kier alpha value is -0.570. The van der Waals surface area contributed by atoms with E-state index in [-0.39, 0.29) is 0 Å². The molecule has 0 spiro atoms. The second-order valence-electron chi connectivity index (χ2n) is 4.36. The van der Waals surface area contributed by atoms with Crippen LogP contribution in [0.25, 0.3) is 0 Å². The largest absolute Gasteiger partial charge is 0.313 e. The lowest BCUT2D eigenvalue weighted by atomic mass is 10.1. The molecule has 0 heterocycles. The van der Waals surface area contributed by atoms with Gasteiger partial charge < -0.3 is 10.6 Å². The summed E-state index contributed by atoms with van der Waals surface area (Å²) >= 11 is 6.17. The van der Waals surface area contributed by atoms with Gasteiger partial charge in [-0.1, -0.05) is 30.7 Å². The molecule has 2 nitrogen and oxygen atoms in total. The highest BCUT2D eigenvalue weighted by atomic mass is 35.5. The predicted molar refractivity (Wildman–Crippen MR) is 68.7 cm³/mol. The Bertz CT molecular complexity index is 348. The maximum atomic E-state index is 6.17. The fraction of sp³-hybridized carbons (Fsp3) is 0.538. The lowest BCUT2D eigenvalue weighted by molar-refractivity contribution is 0.684. The van der Waals surface area contributed by atoms with E-state index in [0.717, 1.165) is 30.7 Å². The first kappa shape index (κ1) is 11.9. The van der Waals surface area contributed by atoms with Gasteiger partial charge in [-0.15, -0.1) is 0 Å². The third kappa shape index (κ3) is 3.48. The third-order valence-corrected chi connectivity index (χ3v) is 3.22. The van der Waals surface area contributed by atoms with Crippen LogP contribution in [0.2, 0.25) is 5.02 Å². The smallest absolute Gasteiger partial charge is 0.0451 e. The normalized spacial score (nSPS) is 15.4. The number of benzene rings is 1. The van der Waals surface area contributed by atoms with Crippen LogP contribution >= 0.6 is 11.6 Å². The standard InChI is InChI=1S/C13H19ClN2/c1-2-15-8-10-3-6-13(14)11(7-10)9-16-12-4-5-12/h3,6-7,12,15-16H,2,4-5,8-9H2,1H3. The van der Waals surface area contributed by atoms with Crippen molar-refractivity contribution in [3.63, 3.8) is 0 Å². The molecular formula is C13H19ClN2. The molecule has 1 aliphatic carbocycles. The van der Waals surface area contributed by atoms with Crippen LogP contribution in [0.5, 0.6) is 0 Å². The van der Waals surface area contributed by atoms with Gasteiger partial charge in [-0.05, 0) is 36.6 Å². The van der Waals surface area contributed by atoms with E-state index in [9.17, 15) is 0 Å². The van der Waals surface area contributed by atoms with Crippen molar-refractivity contribution in [3.8, 4) is 0 Å². The summed E-state index contributed by atoms with van der Waals surface area (Å²) < 4.78 is 0. The van der Waals surface area contributed by atoms with Crippen molar-refractivity contribution in [2.24, 2.45) is 0 Å². The van der Waals surface area contributed by atoms with Gasteiger partial charge in [0, 0.05) is 24.2 Å². The molecule has 1 saturated carbocycles. The Kier molecular flexibility index (Phi) is 4.22. The molecule has 0 aromatic heterocycles. The molecule has 1 aromatic carbocycles. The summed E-state index contributed by atoms with van der Waals surface area (Å²) in [5.41, 5.74) is 2.52. The highest BCUT2D eigenvalue weighted by molar-refractivity contribution is 6.31. The van der Waals surface area contributed by atoms with Gasteiger partial charge >= 0.3 is 0 Å². The van der Waals surface area contributed by atoms with Crippen LogP contribution < -0.4 is 10.6 Å². The minimum Gasteiger partial charge on any atom is -0.313 e. The van der Waals surface area contributed by atoms with E-state index in [2.05, 4.69) is 29.7 Å². The summed E-state index contributed by atoms with van der Waals surface area (Å²) in [6, 6.07) is 7.01. The molecule has 0 radical (unpaired) electrons. The van der Waals surface area contributed by atoms with Crippen molar-refractivity contribution in [1.82, 2.24) is 10.6 Å². The summed E-state index contributed by atoms with van der Waals surface area (Å²) in [7, 11) is 0. The van der Waals surface area contributed by atoms with Crippen LogP contribution in [0, 0.1) is 0 Å². The van der Waals surface area contributed by atoms with E-state index in [0.29, 0.717) is 0 Å². The van der Waals surface area contributed by atoms with E-state index in [1.54, 1.807) is 0 Å². The summed E-state index contributed by atoms with van der Waals surface area (Å²) in [4.78, 5) is 0. The molecule has 1 fully saturated rings. The fourth-order valence-corrected chi connectivity index (χ4v) is 1.87. The fourth-order valence-electron chi connectivity index (χ4n) is 1.68. The van der Waals surface area contributed by atoms with Gasteiger partial charge in [0.25, 0.3) is 0 Å². The zero-order valence-corrected chi connectivity index (χ0v) is 10.5. The summed E-state index contributed by atoms with van der Waals surface area (Å²) in [5.74, 6) is 0. The molecule has 0 aliphatic heterocycles. The van der Waals surface area contributed by atoms with Crippen molar-refractivity contribution >= 4 is 11.6 Å². The number of rotatable bonds is 6. The summed E-state index contributed by atoms with van der Waals surface area (Å²) in [6.45, 7) is 4.93. The third-order valence-electron chi connectivity index (χ3n) is 2.85. The summed E-state index contributed by atoms with van der Waals surface area (Å²) in [6.07, 6.45) is 2.63. The first-order chi connectivity index (χ1) is 7.79. The zero-order chi connectivity index (χ0) is 11.4. The molecule has 0 atom stereocenters. The maximum absolute atomic E-state index is 6.17. The molecular weight excluding hydrogens is 220 g/mol. The topological polar surface area (TPSA) is 24.1 Å². The first-order valence-corrected chi connectivity index (χ1v) is 6.39. The number of nitrogens with one attached hydrogen (secondary N) is 2. The predicted octanol–water partition coefficient (Wildman–Crippen LogP) is 2.70. The molecule has 0 unspecified atom stereocenters. The van der Waals surface area contributed by atoms with Gasteiger partial charge in [0.05, 0.1) is 0 Å². The quantitative estimate of drug-likeness (QED) is 0.797. The minimum absolute atomic E-state index is 0.730. The Morgan fingerprint density at radius 1 is 1.31 bits per heavy atom. The minimum atomic E-state index is 0.730. The van der Waals surface area contributed by atoms with Crippen molar-refractivity contribution in [2.45, 2.75) is 38.9 Å². The van der Waals surface area contributed by atoms with Gasteiger partial charge in [-0.3, -0.25) is 0 Å². The molecule has 2 rings (SSSR count). The Balaban J connectivity index is 1.96. The average Bonchev–Trinajstić information content (AvgIpc) is 3.10. The molecule has 3 heteroatoms. The van der Waals surface area contributed by atoms with Crippen LogP contribution in [0.15, 0.2) is 18.2 Å². The van der Waals surface area contributed by atoms with Gasteiger partial charge in [-0.2, -0.15) is 0 Å². The number of hydrogen-bond donors (Lipinski definition) is 2. The first-order valence-electron chi connectivity index (χ1n) is 6.01. The molecule has 88 valence electrons. The highest BCUT2D eigenvalue weighted by Gasteiger charge is 2.20. The molecule has 1 aromatic rings.